The molecule has 0 saturated carbocycles. The third-order valence-electron chi connectivity index (χ3n) is 5.22. The van der Waals surface area contributed by atoms with Gasteiger partial charge in [0, 0.05) is 56.0 Å². The molecule has 0 spiro atoms. The van der Waals surface area contributed by atoms with Gasteiger partial charge in [0.1, 0.15) is 11.9 Å². The number of likely N-dealkylation sites (tertiary alicyclic amines) is 1. The van der Waals surface area contributed by atoms with Crippen molar-refractivity contribution in [1.29, 1.82) is 0 Å². The topological polar surface area (TPSA) is 74.4 Å². The Hall–Kier alpha value is -2.50. The first-order valence-electron chi connectivity index (χ1n) is 8.99. The molecular weight excluding hydrogens is 318 g/mol. The summed E-state index contributed by atoms with van der Waals surface area (Å²) in [5, 5.41) is 3.89. The van der Waals surface area contributed by atoms with Crippen molar-refractivity contribution in [1.82, 2.24) is 15.2 Å². The molecule has 1 unspecified atom stereocenters. The Bertz CT molecular complexity index is 767. The Morgan fingerprint density at radius 1 is 1.16 bits per heavy atom. The summed E-state index contributed by atoms with van der Waals surface area (Å²) in [6, 6.07) is 8.05. The van der Waals surface area contributed by atoms with Crippen LogP contribution in [-0.2, 0) is 9.59 Å². The molecule has 2 N–H and O–H groups in total. The smallest absolute Gasteiger partial charge is 0.227 e. The zero-order valence-electron chi connectivity index (χ0n) is 14.2. The fourth-order valence-electron chi connectivity index (χ4n) is 3.73. The van der Waals surface area contributed by atoms with E-state index in [9.17, 15) is 9.59 Å². The molecule has 2 amide bonds. The number of carbonyl (C=O) groups excluding carboxylic acids is 2. The van der Waals surface area contributed by atoms with Crippen LogP contribution >= 0.6 is 0 Å². The molecule has 6 nitrogen and oxygen atoms in total. The number of fused-ring (bicyclic) bond motifs is 1. The van der Waals surface area contributed by atoms with Crippen LogP contribution in [0.5, 0.6) is 5.75 Å². The summed E-state index contributed by atoms with van der Waals surface area (Å²) in [4.78, 5) is 29.0. The van der Waals surface area contributed by atoms with Crippen LogP contribution in [0.2, 0.25) is 0 Å². The number of H-pyrrole nitrogens is 1. The molecular formula is C19H23N3O3. The minimum absolute atomic E-state index is 0.0510. The summed E-state index contributed by atoms with van der Waals surface area (Å²) in [5.41, 5.74) is 1.07. The van der Waals surface area contributed by atoms with Crippen LogP contribution in [0.1, 0.15) is 25.7 Å². The van der Waals surface area contributed by atoms with E-state index in [4.69, 9.17) is 4.74 Å². The summed E-state index contributed by atoms with van der Waals surface area (Å²) >= 11 is 0. The Morgan fingerprint density at radius 3 is 2.76 bits per heavy atom. The van der Waals surface area contributed by atoms with Gasteiger partial charge < -0.3 is 19.9 Å². The van der Waals surface area contributed by atoms with E-state index in [-0.39, 0.29) is 23.8 Å². The Labute approximate surface area is 146 Å². The Morgan fingerprint density at radius 2 is 2.00 bits per heavy atom. The van der Waals surface area contributed by atoms with Crippen molar-refractivity contribution in [3.05, 3.63) is 30.5 Å². The van der Waals surface area contributed by atoms with Crippen molar-refractivity contribution in [3.63, 3.8) is 0 Å². The lowest BCUT2D eigenvalue weighted by Crippen LogP contribution is -2.48. The highest BCUT2D eigenvalue weighted by Crippen LogP contribution is 2.28. The molecule has 0 bridgehead atoms. The van der Waals surface area contributed by atoms with Crippen molar-refractivity contribution < 1.29 is 14.3 Å². The van der Waals surface area contributed by atoms with Gasteiger partial charge in [-0.15, -0.1) is 0 Å². The van der Waals surface area contributed by atoms with E-state index in [1.54, 1.807) is 0 Å². The number of hydrogen-bond donors (Lipinski definition) is 2. The molecule has 2 aromatic rings. The van der Waals surface area contributed by atoms with Gasteiger partial charge >= 0.3 is 0 Å². The van der Waals surface area contributed by atoms with E-state index in [0.29, 0.717) is 19.4 Å². The van der Waals surface area contributed by atoms with Gasteiger partial charge in [0.25, 0.3) is 0 Å². The van der Waals surface area contributed by atoms with E-state index < -0.39 is 0 Å². The minimum Gasteiger partial charge on any atom is -0.490 e. The van der Waals surface area contributed by atoms with Crippen LogP contribution in [0, 0.1) is 5.92 Å². The molecule has 1 atom stereocenters. The second-order valence-electron chi connectivity index (χ2n) is 6.88. The fourth-order valence-corrected chi connectivity index (χ4v) is 3.73. The second-order valence-corrected chi connectivity index (χ2v) is 6.88. The first kappa shape index (κ1) is 16.0. The number of piperidine rings is 2. The average Bonchev–Trinajstić information content (AvgIpc) is 3.12. The highest BCUT2D eigenvalue weighted by Gasteiger charge is 2.31. The fraction of sp³-hybridized carbons (Fsp3) is 0.474. The molecule has 1 aromatic carbocycles. The summed E-state index contributed by atoms with van der Waals surface area (Å²) in [5.74, 6) is 1.06. The van der Waals surface area contributed by atoms with Crippen LogP contribution in [-0.4, -0.2) is 47.4 Å². The van der Waals surface area contributed by atoms with Gasteiger partial charge in [0.05, 0.1) is 5.92 Å². The zero-order valence-corrected chi connectivity index (χ0v) is 14.2. The van der Waals surface area contributed by atoms with Crippen LogP contribution in [0.3, 0.4) is 0 Å². The molecule has 132 valence electrons. The number of benzene rings is 1. The van der Waals surface area contributed by atoms with Gasteiger partial charge in [-0.2, -0.15) is 0 Å². The van der Waals surface area contributed by atoms with Crippen molar-refractivity contribution in [2.75, 3.05) is 19.6 Å². The normalized spacial score (nSPS) is 22.0. The molecule has 2 aliphatic heterocycles. The third kappa shape index (κ3) is 3.34. The van der Waals surface area contributed by atoms with Gasteiger partial charge in [-0.05, 0) is 24.6 Å². The summed E-state index contributed by atoms with van der Waals surface area (Å²) in [6.45, 7) is 1.91. The van der Waals surface area contributed by atoms with E-state index >= 15 is 0 Å². The third-order valence-corrected chi connectivity index (χ3v) is 5.22. The molecule has 25 heavy (non-hydrogen) atoms. The minimum atomic E-state index is -0.0660. The van der Waals surface area contributed by atoms with E-state index in [1.165, 1.54) is 0 Å². The predicted molar refractivity (Wildman–Crippen MR) is 94.3 cm³/mol. The molecule has 2 saturated heterocycles. The molecule has 1 aromatic heterocycles. The standard InChI is InChI=1S/C19H23N3O3/c23-18-5-4-13(12-21-18)19(24)22-10-7-14(8-11-22)25-17-3-1-2-16-15(17)6-9-20-16/h1-3,6,9,13-14,20H,4-5,7-8,10-12H2,(H,21,23). The Balaban J connectivity index is 1.33. The number of nitrogens with one attached hydrogen (secondary N) is 2. The summed E-state index contributed by atoms with van der Waals surface area (Å²) < 4.78 is 6.20. The second kappa shape index (κ2) is 6.78. The lowest BCUT2D eigenvalue weighted by atomic mass is 9.96. The molecule has 0 aliphatic carbocycles. The predicted octanol–water partition coefficient (Wildman–Crippen LogP) is 2.06. The average molecular weight is 341 g/mol. The van der Waals surface area contributed by atoms with E-state index in [1.807, 2.05) is 35.4 Å². The van der Waals surface area contributed by atoms with Gasteiger partial charge in [0.2, 0.25) is 11.8 Å². The molecule has 4 rings (SSSR count). The van der Waals surface area contributed by atoms with E-state index in [0.717, 1.165) is 42.6 Å². The number of amides is 2. The van der Waals surface area contributed by atoms with Gasteiger partial charge in [-0.25, -0.2) is 0 Å². The quantitative estimate of drug-likeness (QED) is 0.897. The number of rotatable bonds is 3. The maximum Gasteiger partial charge on any atom is 0.227 e. The molecule has 2 fully saturated rings. The maximum absolute atomic E-state index is 12.6. The first-order valence-corrected chi connectivity index (χ1v) is 8.99. The van der Waals surface area contributed by atoms with Crippen LogP contribution < -0.4 is 10.1 Å². The maximum atomic E-state index is 12.6. The number of nitrogens with zero attached hydrogens (tertiary/aromatic N) is 1. The molecule has 6 heteroatoms. The van der Waals surface area contributed by atoms with Crippen molar-refractivity contribution in [2.45, 2.75) is 31.8 Å². The molecule has 0 radical (unpaired) electrons. The number of ether oxygens (including phenoxy) is 1. The lowest BCUT2D eigenvalue weighted by Gasteiger charge is -2.35. The van der Waals surface area contributed by atoms with E-state index in [2.05, 4.69) is 10.3 Å². The summed E-state index contributed by atoms with van der Waals surface area (Å²) in [6.07, 6.45) is 4.85. The van der Waals surface area contributed by atoms with Crippen LogP contribution in [0.4, 0.5) is 0 Å². The number of aromatic amines is 1. The van der Waals surface area contributed by atoms with Crippen molar-refractivity contribution >= 4 is 22.7 Å². The first-order chi connectivity index (χ1) is 12.2. The zero-order chi connectivity index (χ0) is 17.2. The highest BCUT2D eigenvalue weighted by molar-refractivity contribution is 5.86. The van der Waals surface area contributed by atoms with Crippen molar-refractivity contribution in [3.8, 4) is 5.75 Å². The molecule has 2 aliphatic rings. The van der Waals surface area contributed by atoms with Crippen LogP contribution in [0.25, 0.3) is 10.9 Å². The number of hydrogen-bond acceptors (Lipinski definition) is 3. The number of aromatic nitrogens is 1. The monoisotopic (exact) mass is 341 g/mol. The Kier molecular flexibility index (Phi) is 4.34. The summed E-state index contributed by atoms with van der Waals surface area (Å²) in [7, 11) is 0. The van der Waals surface area contributed by atoms with Gasteiger partial charge in [-0.1, -0.05) is 6.07 Å². The van der Waals surface area contributed by atoms with Crippen molar-refractivity contribution in [2.24, 2.45) is 5.92 Å². The van der Waals surface area contributed by atoms with Crippen LogP contribution in [0.15, 0.2) is 30.5 Å². The number of carbonyl (C=O) groups is 2. The van der Waals surface area contributed by atoms with Gasteiger partial charge in [0.15, 0.2) is 0 Å². The van der Waals surface area contributed by atoms with Gasteiger partial charge in [-0.3, -0.25) is 9.59 Å². The lowest BCUT2D eigenvalue weighted by molar-refractivity contribution is -0.139. The largest absolute Gasteiger partial charge is 0.490 e. The molecule has 3 heterocycles. The SMILES string of the molecule is O=C1CCC(C(=O)N2CCC(Oc3cccc4[nH]ccc34)CC2)CN1. The highest BCUT2D eigenvalue weighted by atomic mass is 16.5.